The molecule has 0 aliphatic rings. The molecule has 0 fully saturated rings. The van der Waals surface area contributed by atoms with Gasteiger partial charge in [0.15, 0.2) is 0 Å². The molecule has 1 atom stereocenters. The summed E-state index contributed by atoms with van der Waals surface area (Å²) >= 11 is 1.000. The average molecular weight is 407 g/mol. The SMILES string of the molecule is CCOC(=O)c1sc(NC(=O)C(C)n2nccc2C)c(C(=O)OC(C)C)c1C. The third-order valence-electron chi connectivity index (χ3n) is 4.01. The number of carbonyl (C=O) groups excluding carboxylic acids is 3. The van der Waals surface area contributed by atoms with Gasteiger partial charge in [0, 0.05) is 11.9 Å². The van der Waals surface area contributed by atoms with Gasteiger partial charge in [-0.05, 0) is 53.2 Å². The summed E-state index contributed by atoms with van der Waals surface area (Å²) in [6, 6.07) is 1.20. The highest BCUT2D eigenvalue weighted by atomic mass is 32.1. The number of anilines is 1. The zero-order valence-corrected chi connectivity index (χ0v) is 17.7. The predicted molar refractivity (Wildman–Crippen MR) is 106 cm³/mol. The van der Waals surface area contributed by atoms with Crippen LogP contribution in [0.4, 0.5) is 5.00 Å². The lowest BCUT2D eigenvalue weighted by atomic mass is 10.1. The lowest BCUT2D eigenvalue weighted by molar-refractivity contribution is -0.119. The molecule has 0 aromatic carbocycles. The van der Waals surface area contributed by atoms with E-state index < -0.39 is 18.0 Å². The smallest absolute Gasteiger partial charge is 0.348 e. The van der Waals surface area contributed by atoms with Crippen LogP contribution in [0.3, 0.4) is 0 Å². The number of rotatable bonds is 7. The van der Waals surface area contributed by atoms with Crippen LogP contribution in [-0.4, -0.2) is 40.3 Å². The fourth-order valence-corrected chi connectivity index (χ4v) is 3.72. The Kier molecular flexibility index (Phi) is 6.95. The minimum atomic E-state index is -0.600. The van der Waals surface area contributed by atoms with Crippen molar-refractivity contribution in [3.63, 3.8) is 0 Å². The maximum atomic E-state index is 12.7. The van der Waals surface area contributed by atoms with Gasteiger partial charge in [0.05, 0.1) is 18.3 Å². The Labute approximate surface area is 167 Å². The standard InChI is InChI=1S/C19H25N3O5S/c1-7-26-19(25)15-12(5)14(18(24)27-10(2)3)17(28-15)21-16(23)13(6)22-11(4)8-9-20-22/h8-10,13H,7H2,1-6H3,(H,21,23). The number of hydrogen-bond donors (Lipinski definition) is 1. The van der Waals surface area contributed by atoms with E-state index in [4.69, 9.17) is 9.47 Å². The molecule has 152 valence electrons. The summed E-state index contributed by atoms with van der Waals surface area (Å²) < 4.78 is 11.9. The van der Waals surface area contributed by atoms with Crippen LogP contribution in [0.1, 0.15) is 65.0 Å². The van der Waals surface area contributed by atoms with Crippen LogP contribution in [0.2, 0.25) is 0 Å². The molecule has 2 aromatic heterocycles. The fraction of sp³-hybridized carbons (Fsp3) is 0.474. The second-order valence-electron chi connectivity index (χ2n) is 6.52. The van der Waals surface area contributed by atoms with Crippen molar-refractivity contribution in [3.05, 3.63) is 34.0 Å². The van der Waals surface area contributed by atoms with E-state index in [1.54, 1.807) is 51.6 Å². The number of nitrogens with one attached hydrogen (secondary N) is 1. The molecular weight excluding hydrogens is 382 g/mol. The number of nitrogens with zero attached hydrogens (tertiary/aromatic N) is 2. The first kappa shape index (κ1) is 21.6. The monoisotopic (exact) mass is 407 g/mol. The second kappa shape index (κ2) is 9.01. The number of esters is 2. The molecule has 1 N–H and O–H groups in total. The van der Waals surface area contributed by atoms with Gasteiger partial charge in [0.1, 0.15) is 15.9 Å². The molecule has 1 amide bonds. The molecule has 28 heavy (non-hydrogen) atoms. The van der Waals surface area contributed by atoms with E-state index in [0.717, 1.165) is 17.0 Å². The molecule has 0 saturated heterocycles. The molecule has 2 rings (SSSR count). The van der Waals surface area contributed by atoms with E-state index in [9.17, 15) is 14.4 Å². The molecule has 2 heterocycles. The Morgan fingerprint density at radius 2 is 1.89 bits per heavy atom. The Morgan fingerprint density at radius 3 is 2.43 bits per heavy atom. The lowest BCUT2D eigenvalue weighted by Crippen LogP contribution is -2.25. The normalized spacial score (nSPS) is 12.0. The number of amides is 1. The number of aromatic nitrogens is 2. The van der Waals surface area contributed by atoms with Crippen LogP contribution in [0.5, 0.6) is 0 Å². The van der Waals surface area contributed by atoms with Crippen molar-refractivity contribution in [3.8, 4) is 0 Å². The first-order valence-corrected chi connectivity index (χ1v) is 9.81. The molecule has 0 saturated carbocycles. The topological polar surface area (TPSA) is 99.5 Å². The quantitative estimate of drug-likeness (QED) is 0.705. The van der Waals surface area contributed by atoms with Crippen LogP contribution in [0, 0.1) is 13.8 Å². The van der Waals surface area contributed by atoms with Crippen molar-refractivity contribution >= 4 is 34.2 Å². The molecule has 0 spiro atoms. The van der Waals surface area contributed by atoms with Gasteiger partial charge < -0.3 is 14.8 Å². The van der Waals surface area contributed by atoms with E-state index in [1.165, 1.54) is 0 Å². The highest BCUT2D eigenvalue weighted by Crippen LogP contribution is 2.35. The minimum Gasteiger partial charge on any atom is -0.462 e. The maximum Gasteiger partial charge on any atom is 0.348 e. The molecule has 1 unspecified atom stereocenters. The van der Waals surface area contributed by atoms with Crippen LogP contribution < -0.4 is 5.32 Å². The third-order valence-corrected chi connectivity index (χ3v) is 5.19. The highest BCUT2D eigenvalue weighted by molar-refractivity contribution is 7.18. The van der Waals surface area contributed by atoms with Crippen molar-refractivity contribution in [1.29, 1.82) is 0 Å². The average Bonchev–Trinajstić information content (AvgIpc) is 3.17. The largest absolute Gasteiger partial charge is 0.462 e. The van der Waals surface area contributed by atoms with Gasteiger partial charge in [-0.3, -0.25) is 9.48 Å². The van der Waals surface area contributed by atoms with Crippen molar-refractivity contribution in [1.82, 2.24) is 9.78 Å². The van der Waals surface area contributed by atoms with Gasteiger partial charge in [-0.2, -0.15) is 5.10 Å². The van der Waals surface area contributed by atoms with Gasteiger partial charge in [0.2, 0.25) is 5.91 Å². The summed E-state index contributed by atoms with van der Waals surface area (Å²) in [6.45, 7) is 10.5. The van der Waals surface area contributed by atoms with Gasteiger partial charge in [-0.1, -0.05) is 0 Å². The maximum absolute atomic E-state index is 12.7. The zero-order valence-electron chi connectivity index (χ0n) is 16.9. The number of hydrogen-bond acceptors (Lipinski definition) is 7. The first-order chi connectivity index (χ1) is 13.2. The summed E-state index contributed by atoms with van der Waals surface area (Å²) in [6.07, 6.45) is 1.27. The van der Waals surface area contributed by atoms with Crippen molar-refractivity contribution < 1.29 is 23.9 Å². The van der Waals surface area contributed by atoms with Crippen LogP contribution in [0.25, 0.3) is 0 Å². The fourth-order valence-electron chi connectivity index (χ4n) is 2.62. The Hall–Kier alpha value is -2.68. The van der Waals surface area contributed by atoms with Crippen molar-refractivity contribution in [2.75, 3.05) is 11.9 Å². The van der Waals surface area contributed by atoms with Crippen LogP contribution in [-0.2, 0) is 14.3 Å². The number of carbonyl (C=O) groups is 3. The summed E-state index contributed by atoms with van der Waals surface area (Å²) in [5.41, 5.74) is 1.42. The predicted octanol–water partition coefficient (Wildman–Crippen LogP) is 3.50. The van der Waals surface area contributed by atoms with Crippen LogP contribution in [0.15, 0.2) is 12.3 Å². The van der Waals surface area contributed by atoms with Gasteiger partial charge in [0.25, 0.3) is 0 Å². The summed E-state index contributed by atoms with van der Waals surface area (Å²) in [5, 5.41) is 7.15. The van der Waals surface area contributed by atoms with Crippen LogP contribution >= 0.6 is 11.3 Å². The van der Waals surface area contributed by atoms with Crippen molar-refractivity contribution in [2.45, 2.75) is 53.7 Å². The minimum absolute atomic E-state index is 0.166. The molecule has 0 aliphatic carbocycles. The molecular formula is C19H25N3O5S. The summed E-state index contributed by atoms with van der Waals surface area (Å²) in [5.74, 6) is -1.50. The Balaban J connectivity index is 2.39. The highest BCUT2D eigenvalue weighted by Gasteiger charge is 2.29. The zero-order chi connectivity index (χ0) is 21.0. The Morgan fingerprint density at radius 1 is 1.21 bits per heavy atom. The lowest BCUT2D eigenvalue weighted by Gasteiger charge is -2.15. The summed E-state index contributed by atoms with van der Waals surface area (Å²) in [4.78, 5) is 37.8. The molecule has 0 aliphatic heterocycles. The van der Waals surface area contributed by atoms with E-state index in [-0.39, 0.29) is 34.1 Å². The van der Waals surface area contributed by atoms with E-state index in [2.05, 4.69) is 10.4 Å². The van der Waals surface area contributed by atoms with E-state index in [1.807, 2.05) is 6.92 Å². The molecule has 0 bridgehead atoms. The Bertz CT molecular complexity index is 884. The number of thiophene rings is 1. The third kappa shape index (κ3) is 4.59. The van der Waals surface area contributed by atoms with Gasteiger partial charge in [-0.25, -0.2) is 9.59 Å². The van der Waals surface area contributed by atoms with E-state index in [0.29, 0.717) is 5.56 Å². The molecule has 0 radical (unpaired) electrons. The van der Waals surface area contributed by atoms with E-state index >= 15 is 0 Å². The number of aryl methyl sites for hydroxylation is 1. The number of ether oxygens (including phenoxy) is 2. The first-order valence-electron chi connectivity index (χ1n) is 8.99. The van der Waals surface area contributed by atoms with Crippen molar-refractivity contribution in [2.24, 2.45) is 0 Å². The van der Waals surface area contributed by atoms with Gasteiger partial charge in [-0.15, -0.1) is 11.3 Å². The molecule has 8 nitrogen and oxygen atoms in total. The molecule has 2 aromatic rings. The summed E-state index contributed by atoms with van der Waals surface area (Å²) in [7, 11) is 0. The second-order valence-corrected chi connectivity index (χ2v) is 7.54. The van der Waals surface area contributed by atoms with Gasteiger partial charge >= 0.3 is 11.9 Å². The molecule has 9 heteroatoms.